The zero-order valence-electron chi connectivity index (χ0n) is 11.6. The minimum atomic E-state index is 0.0207. The molecule has 0 fully saturated rings. The molecule has 104 valence electrons. The molecular formula is C14H20ClN3O. The van der Waals surface area contributed by atoms with Crippen molar-refractivity contribution in [3.8, 4) is 0 Å². The van der Waals surface area contributed by atoms with Gasteiger partial charge in [0.2, 0.25) is 0 Å². The van der Waals surface area contributed by atoms with E-state index in [1.807, 2.05) is 17.7 Å². The Morgan fingerprint density at radius 2 is 2.26 bits per heavy atom. The molecule has 0 saturated heterocycles. The Kier molecular flexibility index (Phi) is 4.66. The summed E-state index contributed by atoms with van der Waals surface area (Å²) in [4.78, 5) is 0. The van der Waals surface area contributed by atoms with Gasteiger partial charge >= 0.3 is 0 Å². The van der Waals surface area contributed by atoms with Gasteiger partial charge in [-0.25, -0.2) is 0 Å². The third-order valence-electron chi connectivity index (χ3n) is 3.09. The Morgan fingerprint density at radius 1 is 1.47 bits per heavy atom. The number of nitrogens with one attached hydrogen (secondary N) is 1. The topological polar surface area (TPSA) is 43.0 Å². The second kappa shape index (κ2) is 6.26. The molecule has 0 radical (unpaired) electrons. The van der Waals surface area contributed by atoms with Crippen LogP contribution in [0.2, 0.25) is 5.02 Å². The van der Waals surface area contributed by atoms with Crippen molar-refractivity contribution in [3.05, 3.63) is 40.6 Å². The molecule has 2 rings (SSSR count). The van der Waals surface area contributed by atoms with Gasteiger partial charge in [0.1, 0.15) is 5.76 Å². The molecule has 2 aromatic rings. The number of rotatable bonds is 6. The molecule has 0 amide bonds. The van der Waals surface area contributed by atoms with E-state index in [9.17, 15) is 0 Å². The quantitative estimate of drug-likeness (QED) is 0.880. The third kappa shape index (κ3) is 3.01. The number of nitrogens with zero attached hydrogens (tertiary/aromatic N) is 2. The van der Waals surface area contributed by atoms with Crippen LogP contribution in [0.25, 0.3) is 0 Å². The standard InChI is InChI=1S/C14H20ClN3O/c1-4-6-16-13(11-7-10(3)19-9-11)14-12(15)8-17-18(14)5-2/h7-9,13,16H,4-6H2,1-3H3. The monoisotopic (exact) mass is 281 g/mol. The first-order valence-electron chi connectivity index (χ1n) is 6.67. The van der Waals surface area contributed by atoms with Crippen molar-refractivity contribution in [2.75, 3.05) is 6.54 Å². The maximum Gasteiger partial charge on any atom is 0.101 e. The van der Waals surface area contributed by atoms with Gasteiger partial charge < -0.3 is 9.73 Å². The fraction of sp³-hybridized carbons (Fsp3) is 0.500. The molecule has 0 spiro atoms. The number of hydrogen-bond donors (Lipinski definition) is 1. The highest BCUT2D eigenvalue weighted by Crippen LogP contribution is 2.29. The van der Waals surface area contributed by atoms with E-state index >= 15 is 0 Å². The third-order valence-corrected chi connectivity index (χ3v) is 3.38. The first kappa shape index (κ1) is 14.2. The summed E-state index contributed by atoms with van der Waals surface area (Å²) in [6, 6.07) is 2.06. The molecule has 1 N–H and O–H groups in total. The van der Waals surface area contributed by atoms with Crippen molar-refractivity contribution >= 4 is 11.6 Å². The molecular weight excluding hydrogens is 262 g/mol. The summed E-state index contributed by atoms with van der Waals surface area (Å²) >= 11 is 6.30. The van der Waals surface area contributed by atoms with E-state index in [1.165, 1.54) is 0 Å². The molecule has 0 aliphatic rings. The van der Waals surface area contributed by atoms with Crippen LogP contribution in [0.3, 0.4) is 0 Å². The number of aromatic nitrogens is 2. The highest BCUT2D eigenvalue weighted by atomic mass is 35.5. The van der Waals surface area contributed by atoms with Gasteiger partial charge in [0.05, 0.1) is 29.2 Å². The first-order chi connectivity index (χ1) is 9.17. The maximum atomic E-state index is 6.30. The van der Waals surface area contributed by atoms with Gasteiger partial charge in [0.25, 0.3) is 0 Å². The van der Waals surface area contributed by atoms with E-state index in [0.717, 1.165) is 36.5 Å². The Bertz CT molecular complexity index is 533. The van der Waals surface area contributed by atoms with Crippen LogP contribution in [-0.2, 0) is 6.54 Å². The summed E-state index contributed by atoms with van der Waals surface area (Å²) < 4.78 is 7.35. The van der Waals surface area contributed by atoms with Crippen LogP contribution in [0.15, 0.2) is 22.9 Å². The molecule has 0 aliphatic heterocycles. The fourth-order valence-electron chi connectivity index (χ4n) is 2.19. The minimum absolute atomic E-state index is 0.0207. The van der Waals surface area contributed by atoms with Crippen LogP contribution >= 0.6 is 11.6 Å². The van der Waals surface area contributed by atoms with Gasteiger partial charge in [-0.15, -0.1) is 0 Å². The van der Waals surface area contributed by atoms with Crippen LogP contribution in [0.4, 0.5) is 0 Å². The van der Waals surface area contributed by atoms with Crippen molar-refractivity contribution in [2.45, 2.75) is 39.8 Å². The number of aryl methyl sites for hydroxylation is 2. The van der Waals surface area contributed by atoms with Crippen LogP contribution in [0, 0.1) is 6.92 Å². The zero-order valence-corrected chi connectivity index (χ0v) is 12.4. The summed E-state index contributed by atoms with van der Waals surface area (Å²) in [5.41, 5.74) is 2.08. The van der Waals surface area contributed by atoms with Crippen molar-refractivity contribution in [1.29, 1.82) is 0 Å². The fourth-order valence-corrected chi connectivity index (χ4v) is 2.44. The number of hydrogen-bond acceptors (Lipinski definition) is 3. The maximum absolute atomic E-state index is 6.30. The van der Waals surface area contributed by atoms with E-state index < -0.39 is 0 Å². The van der Waals surface area contributed by atoms with Crippen LogP contribution in [-0.4, -0.2) is 16.3 Å². The summed E-state index contributed by atoms with van der Waals surface area (Å²) in [5, 5.41) is 8.51. The predicted octanol–water partition coefficient (Wildman–Crippen LogP) is 3.55. The Balaban J connectivity index is 2.39. The van der Waals surface area contributed by atoms with E-state index in [0.29, 0.717) is 5.02 Å². The Morgan fingerprint density at radius 3 is 2.84 bits per heavy atom. The second-order valence-corrected chi connectivity index (χ2v) is 4.98. The molecule has 2 aromatic heterocycles. The minimum Gasteiger partial charge on any atom is -0.469 e. The first-order valence-corrected chi connectivity index (χ1v) is 7.04. The number of halogens is 1. The summed E-state index contributed by atoms with van der Waals surface area (Å²) in [6.07, 6.45) is 4.55. The van der Waals surface area contributed by atoms with Crippen molar-refractivity contribution in [3.63, 3.8) is 0 Å². The summed E-state index contributed by atoms with van der Waals surface area (Å²) in [7, 11) is 0. The zero-order chi connectivity index (χ0) is 13.8. The van der Waals surface area contributed by atoms with Crippen molar-refractivity contribution < 1.29 is 4.42 Å². The largest absolute Gasteiger partial charge is 0.469 e. The lowest BCUT2D eigenvalue weighted by Crippen LogP contribution is -2.25. The molecule has 2 heterocycles. The van der Waals surface area contributed by atoms with Crippen LogP contribution < -0.4 is 5.32 Å². The molecule has 0 saturated carbocycles. The molecule has 4 nitrogen and oxygen atoms in total. The van der Waals surface area contributed by atoms with Crippen molar-refractivity contribution in [2.24, 2.45) is 0 Å². The normalized spacial score (nSPS) is 12.8. The molecule has 1 atom stereocenters. The van der Waals surface area contributed by atoms with Gasteiger partial charge in [0.15, 0.2) is 0 Å². The lowest BCUT2D eigenvalue weighted by atomic mass is 10.1. The highest BCUT2D eigenvalue weighted by molar-refractivity contribution is 6.31. The average molecular weight is 282 g/mol. The van der Waals surface area contributed by atoms with E-state index in [4.69, 9.17) is 16.0 Å². The number of furan rings is 1. The lowest BCUT2D eigenvalue weighted by molar-refractivity contribution is 0.508. The van der Waals surface area contributed by atoms with E-state index in [-0.39, 0.29) is 6.04 Å². The molecule has 0 aliphatic carbocycles. The van der Waals surface area contributed by atoms with Gasteiger partial charge in [-0.2, -0.15) is 5.10 Å². The SMILES string of the molecule is CCCNC(c1coc(C)c1)c1c(Cl)cnn1CC. The second-order valence-electron chi connectivity index (χ2n) is 4.57. The summed E-state index contributed by atoms with van der Waals surface area (Å²) in [6.45, 7) is 7.86. The molecule has 0 bridgehead atoms. The smallest absolute Gasteiger partial charge is 0.101 e. The lowest BCUT2D eigenvalue weighted by Gasteiger charge is -2.19. The van der Waals surface area contributed by atoms with Crippen LogP contribution in [0.5, 0.6) is 0 Å². The molecule has 5 heteroatoms. The van der Waals surface area contributed by atoms with Gasteiger partial charge in [0, 0.05) is 12.1 Å². The predicted molar refractivity (Wildman–Crippen MR) is 76.5 cm³/mol. The van der Waals surface area contributed by atoms with Crippen molar-refractivity contribution in [1.82, 2.24) is 15.1 Å². The van der Waals surface area contributed by atoms with Gasteiger partial charge in [-0.05, 0) is 32.9 Å². The molecule has 19 heavy (non-hydrogen) atoms. The average Bonchev–Trinajstić information content (AvgIpc) is 2.98. The van der Waals surface area contributed by atoms with E-state index in [1.54, 1.807) is 12.5 Å². The highest BCUT2D eigenvalue weighted by Gasteiger charge is 2.22. The molecule has 0 aromatic carbocycles. The summed E-state index contributed by atoms with van der Waals surface area (Å²) in [5.74, 6) is 0.900. The van der Waals surface area contributed by atoms with Crippen LogP contribution in [0.1, 0.15) is 43.3 Å². The molecule has 1 unspecified atom stereocenters. The van der Waals surface area contributed by atoms with E-state index in [2.05, 4.69) is 24.3 Å². The van der Waals surface area contributed by atoms with Gasteiger partial charge in [-0.1, -0.05) is 18.5 Å². The van der Waals surface area contributed by atoms with Gasteiger partial charge in [-0.3, -0.25) is 4.68 Å². The Labute approximate surface area is 118 Å². The Hall–Kier alpha value is -1.26.